The first-order chi connectivity index (χ1) is 9.25. The topological polar surface area (TPSA) is 54.0 Å². The van der Waals surface area contributed by atoms with Gasteiger partial charge in [0.05, 0.1) is 0 Å². The summed E-state index contributed by atoms with van der Waals surface area (Å²) in [7, 11) is -3.07. The van der Waals surface area contributed by atoms with Crippen molar-refractivity contribution in [2.24, 2.45) is 0 Å². The van der Waals surface area contributed by atoms with Crippen molar-refractivity contribution in [3.63, 3.8) is 0 Å². The number of carbonyl (C=O) groups excluding carboxylic acids is 1. The van der Waals surface area contributed by atoms with Crippen LogP contribution >= 0.6 is 8.17 Å². The van der Waals surface area contributed by atoms with Crippen molar-refractivity contribution in [3.05, 3.63) is 35.9 Å². The largest absolute Gasteiger partial charge is 0.627 e. The van der Waals surface area contributed by atoms with Gasteiger partial charge in [-0.25, -0.2) is 9.32 Å². The average Bonchev–Trinajstić information content (AvgIpc) is 2.73. The summed E-state index contributed by atoms with van der Waals surface area (Å²) in [4.78, 5) is 12.1. The third-order valence-electron chi connectivity index (χ3n) is 3.88. The summed E-state index contributed by atoms with van der Waals surface area (Å²) in [6, 6.07) is 9.21. The van der Waals surface area contributed by atoms with Crippen LogP contribution in [0.25, 0.3) is 0 Å². The molecule has 0 aromatic heterocycles. The number of hydrogen-bond acceptors (Lipinski definition) is 5. The van der Waals surface area contributed by atoms with Gasteiger partial charge in [0, 0.05) is 0 Å². The van der Waals surface area contributed by atoms with E-state index in [9.17, 15) is 4.79 Å². The highest BCUT2D eigenvalue weighted by molar-refractivity contribution is 7.57. The van der Waals surface area contributed by atoms with E-state index < -0.39 is 31.4 Å². The van der Waals surface area contributed by atoms with Gasteiger partial charge in [0.15, 0.2) is 0 Å². The maximum absolute atomic E-state index is 12.1. The van der Waals surface area contributed by atoms with E-state index in [1.165, 1.54) is 0 Å². The van der Waals surface area contributed by atoms with E-state index in [1.807, 2.05) is 58.0 Å². The molecule has 0 radical (unpaired) electrons. The molecule has 0 bridgehead atoms. The van der Waals surface area contributed by atoms with E-state index in [0.717, 1.165) is 5.56 Å². The Morgan fingerprint density at radius 3 is 2.10 bits per heavy atom. The fourth-order valence-corrected chi connectivity index (χ4v) is 4.64. The molecule has 1 atom stereocenters. The molecule has 0 aliphatic carbocycles. The molecule has 2 aliphatic heterocycles. The Balaban J connectivity index is 1.88. The number of hydrogen-bond donors (Lipinski definition) is 0. The van der Waals surface area contributed by atoms with Gasteiger partial charge >= 0.3 is 14.1 Å². The minimum absolute atomic E-state index is 0.460. The van der Waals surface area contributed by atoms with E-state index in [-0.39, 0.29) is 0 Å². The molecule has 5 nitrogen and oxygen atoms in total. The second kappa shape index (κ2) is 4.25. The molecule has 1 unspecified atom stereocenters. The second-order valence-corrected chi connectivity index (χ2v) is 7.61. The molecule has 1 aromatic carbocycles. The van der Waals surface area contributed by atoms with Crippen LogP contribution in [-0.2, 0) is 22.9 Å². The van der Waals surface area contributed by atoms with Crippen molar-refractivity contribution in [2.75, 3.05) is 0 Å². The summed E-state index contributed by atoms with van der Waals surface area (Å²) in [5, 5.41) is 0. The number of rotatable bonds is 1. The van der Waals surface area contributed by atoms with Crippen LogP contribution in [0.3, 0.4) is 0 Å². The fraction of sp³-hybridized carbons (Fsp3) is 0.500. The van der Waals surface area contributed by atoms with Crippen molar-refractivity contribution in [2.45, 2.75) is 45.0 Å². The van der Waals surface area contributed by atoms with Gasteiger partial charge in [0.1, 0.15) is 11.2 Å². The molecule has 108 valence electrons. The van der Waals surface area contributed by atoms with Gasteiger partial charge < -0.3 is 0 Å². The molecule has 0 amide bonds. The van der Waals surface area contributed by atoms with Gasteiger partial charge in [-0.3, -0.25) is 0 Å². The van der Waals surface area contributed by atoms with Crippen molar-refractivity contribution < 1.29 is 22.9 Å². The van der Waals surface area contributed by atoms with E-state index >= 15 is 0 Å². The van der Waals surface area contributed by atoms with Crippen LogP contribution in [0.5, 0.6) is 0 Å². The highest BCUT2D eigenvalue weighted by Gasteiger charge is 2.76. The van der Waals surface area contributed by atoms with Gasteiger partial charge in [0.25, 0.3) is 0 Å². The highest BCUT2D eigenvalue weighted by Crippen LogP contribution is 2.78. The maximum atomic E-state index is 12.1. The smallest absolute Gasteiger partial charge is 0.243 e. The Morgan fingerprint density at radius 2 is 1.55 bits per heavy atom. The van der Waals surface area contributed by atoms with Crippen LogP contribution in [0.4, 0.5) is 0 Å². The zero-order valence-electron chi connectivity index (χ0n) is 12.0. The zero-order chi connectivity index (χ0) is 14.6. The molecule has 1 spiro atoms. The number of benzene rings is 1. The molecule has 3 rings (SSSR count). The van der Waals surface area contributed by atoms with Gasteiger partial charge in [-0.2, -0.15) is 0 Å². The molecule has 2 heterocycles. The van der Waals surface area contributed by atoms with Crippen LogP contribution in [0.1, 0.15) is 39.4 Å². The van der Waals surface area contributed by atoms with E-state index in [1.54, 1.807) is 0 Å². The lowest BCUT2D eigenvalue weighted by atomic mass is 9.90. The normalized spacial score (nSPS) is 29.6. The van der Waals surface area contributed by atoms with Crippen molar-refractivity contribution in [1.82, 2.24) is 0 Å². The van der Waals surface area contributed by atoms with Gasteiger partial charge in [-0.15, -0.1) is 13.6 Å². The van der Waals surface area contributed by atoms with Gasteiger partial charge in [0.2, 0.25) is 6.10 Å². The summed E-state index contributed by atoms with van der Waals surface area (Å²) in [5.74, 6) is -0.460. The third kappa shape index (κ3) is 2.06. The van der Waals surface area contributed by atoms with Crippen LogP contribution in [0.2, 0.25) is 0 Å². The first kappa shape index (κ1) is 14.0. The van der Waals surface area contributed by atoms with Crippen LogP contribution < -0.4 is 0 Å². The Morgan fingerprint density at radius 1 is 1.00 bits per heavy atom. The predicted molar refractivity (Wildman–Crippen MR) is 73.6 cm³/mol. The van der Waals surface area contributed by atoms with Crippen molar-refractivity contribution in [3.8, 4) is 0 Å². The first-order valence-electron chi connectivity index (χ1n) is 6.52. The molecule has 6 heteroatoms. The molecular weight excluding hydrogens is 279 g/mol. The molecule has 2 aliphatic rings. The van der Waals surface area contributed by atoms with E-state index in [4.69, 9.17) is 18.1 Å². The van der Waals surface area contributed by atoms with Crippen molar-refractivity contribution >= 4 is 14.1 Å². The minimum atomic E-state index is -3.07. The molecule has 1 aromatic rings. The summed E-state index contributed by atoms with van der Waals surface area (Å²) < 4.78 is 22.8. The Bertz CT molecular complexity index is 524. The van der Waals surface area contributed by atoms with Gasteiger partial charge in [-0.05, 0) is 33.3 Å². The fourth-order valence-electron chi connectivity index (χ4n) is 2.05. The van der Waals surface area contributed by atoms with Gasteiger partial charge in [-0.1, -0.05) is 30.3 Å². The first-order valence-corrected chi connectivity index (χ1v) is 7.98. The predicted octanol–water partition coefficient (Wildman–Crippen LogP) is 3.58. The molecule has 2 fully saturated rings. The summed E-state index contributed by atoms with van der Waals surface area (Å²) in [6.07, 6.45) is -0.783. The zero-order valence-corrected chi connectivity index (χ0v) is 12.8. The second-order valence-electron chi connectivity index (χ2n) is 5.96. The highest BCUT2D eigenvalue weighted by atomic mass is 31.2. The monoisotopic (exact) mass is 297 g/mol. The lowest BCUT2D eigenvalue weighted by Crippen LogP contribution is -2.41. The van der Waals surface area contributed by atoms with Crippen molar-refractivity contribution in [1.29, 1.82) is 0 Å². The third-order valence-corrected chi connectivity index (χ3v) is 6.12. The summed E-state index contributed by atoms with van der Waals surface area (Å²) in [6.45, 7) is 7.59. The number of carbonyl (C=O) groups is 1. The maximum Gasteiger partial charge on any atom is 0.627 e. The standard InChI is InChI=1S/C14H18O5P/c1-13(2)14(3,4)19-20(18-13)16-11(12(15)17-20)10-8-6-5-7-9-10/h5-9,11H,1-4H3/q+1. The Hall–Kier alpha value is -1.00. The van der Waals surface area contributed by atoms with E-state index in [0.29, 0.717) is 0 Å². The summed E-state index contributed by atoms with van der Waals surface area (Å²) in [5.41, 5.74) is -0.441. The van der Waals surface area contributed by atoms with Crippen LogP contribution in [0.15, 0.2) is 30.3 Å². The molecule has 20 heavy (non-hydrogen) atoms. The minimum Gasteiger partial charge on any atom is -0.243 e. The quantitative estimate of drug-likeness (QED) is 0.742. The lowest BCUT2D eigenvalue weighted by molar-refractivity contribution is -0.136. The molecule has 0 saturated carbocycles. The molecular formula is C14H18O5P+. The van der Waals surface area contributed by atoms with Crippen LogP contribution in [0, 0.1) is 0 Å². The Labute approximate surface area is 118 Å². The molecule has 0 N–H and O–H groups in total. The average molecular weight is 297 g/mol. The Kier molecular flexibility index (Phi) is 2.96. The SMILES string of the molecule is CC1(C)O[P+]2(OC(=O)C(c3ccccc3)O2)OC1(C)C. The van der Waals surface area contributed by atoms with E-state index in [2.05, 4.69) is 0 Å². The molecule has 2 saturated heterocycles. The summed E-state index contributed by atoms with van der Waals surface area (Å²) >= 11 is 0. The van der Waals surface area contributed by atoms with Crippen LogP contribution in [-0.4, -0.2) is 17.2 Å². The lowest BCUT2D eigenvalue weighted by Gasteiger charge is -2.23.